The predicted molar refractivity (Wildman–Crippen MR) is 131 cm³/mol. The van der Waals surface area contributed by atoms with Gasteiger partial charge in [0, 0.05) is 30.0 Å². The van der Waals surface area contributed by atoms with Crippen molar-refractivity contribution in [3.05, 3.63) is 82.9 Å². The Kier molecular flexibility index (Phi) is 6.88. The molecule has 0 aromatic heterocycles. The number of nitrogens with zero attached hydrogens (tertiary/aromatic N) is 1. The van der Waals surface area contributed by atoms with Crippen molar-refractivity contribution in [1.29, 1.82) is 0 Å². The van der Waals surface area contributed by atoms with Crippen molar-refractivity contribution < 1.29 is 17.9 Å². The summed E-state index contributed by atoms with van der Waals surface area (Å²) in [4.78, 5) is 15.0. The molecule has 4 rings (SSSR count). The molecule has 0 bridgehead atoms. The highest BCUT2D eigenvalue weighted by atomic mass is 35.5. The van der Waals surface area contributed by atoms with Crippen molar-refractivity contribution in [2.45, 2.75) is 11.8 Å². The fourth-order valence-electron chi connectivity index (χ4n) is 3.56. The van der Waals surface area contributed by atoms with E-state index in [-0.39, 0.29) is 16.5 Å². The SMILES string of the molecule is Cc1ccc(NC(=O)c2ccc(N3CCOCC3)cc2)cc1S(=O)(=O)Nc1ccccc1Cl. The third kappa shape index (κ3) is 5.47. The van der Waals surface area contributed by atoms with Gasteiger partial charge in [0.05, 0.1) is 28.8 Å². The van der Waals surface area contributed by atoms with Crippen molar-refractivity contribution in [2.75, 3.05) is 41.2 Å². The third-order valence-corrected chi connectivity index (χ3v) is 7.20. The normalized spacial score (nSPS) is 14.1. The molecule has 1 amide bonds. The third-order valence-electron chi connectivity index (χ3n) is 5.36. The summed E-state index contributed by atoms with van der Waals surface area (Å²) >= 11 is 6.09. The lowest BCUT2D eigenvalue weighted by Crippen LogP contribution is -2.36. The molecule has 3 aromatic carbocycles. The topological polar surface area (TPSA) is 87.7 Å². The number of morpholine rings is 1. The predicted octanol–water partition coefficient (Wildman–Crippen LogP) is 4.54. The van der Waals surface area contributed by atoms with E-state index < -0.39 is 10.0 Å². The number of halogens is 1. The van der Waals surface area contributed by atoms with Gasteiger partial charge in [0.2, 0.25) is 0 Å². The highest BCUT2D eigenvalue weighted by Gasteiger charge is 2.20. The van der Waals surface area contributed by atoms with E-state index in [9.17, 15) is 13.2 Å². The Hall–Kier alpha value is -3.07. The Labute approximate surface area is 198 Å². The number of aryl methyl sites for hydroxylation is 1. The summed E-state index contributed by atoms with van der Waals surface area (Å²) in [5, 5.41) is 3.08. The molecule has 0 saturated carbocycles. The van der Waals surface area contributed by atoms with Gasteiger partial charge in [0.25, 0.3) is 15.9 Å². The van der Waals surface area contributed by atoms with Crippen LogP contribution >= 0.6 is 11.6 Å². The lowest BCUT2D eigenvalue weighted by atomic mass is 10.1. The van der Waals surface area contributed by atoms with Gasteiger partial charge in [-0.15, -0.1) is 0 Å². The molecule has 0 radical (unpaired) electrons. The minimum Gasteiger partial charge on any atom is -0.378 e. The van der Waals surface area contributed by atoms with Crippen LogP contribution in [0.2, 0.25) is 5.02 Å². The number of amides is 1. The maximum Gasteiger partial charge on any atom is 0.262 e. The number of hydrogen-bond acceptors (Lipinski definition) is 5. The van der Waals surface area contributed by atoms with E-state index in [0.29, 0.717) is 35.1 Å². The van der Waals surface area contributed by atoms with Gasteiger partial charge in [0.15, 0.2) is 0 Å². The molecule has 9 heteroatoms. The molecule has 0 unspecified atom stereocenters. The maximum atomic E-state index is 13.0. The number of hydrogen-bond donors (Lipinski definition) is 2. The van der Waals surface area contributed by atoms with Gasteiger partial charge in [-0.05, 0) is 61.0 Å². The molecular formula is C24H24ClN3O4S. The average Bonchev–Trinajstić information content (AvgIpc) is 2.82. The van der Waals surface area contributed by atoms with Gasteiger partial charge in [-0.25, -0.2) is 8.42 Å². The zero-order valence-corrected chi connectivity index (χ0v) is 19.6. The van der Waals surface area contributed by atoms with Crippen molar-refractivity contribution >= 4 is 44.6 Å². The van der Waals surface area contributed by atoms with Gasteiger partial charge < -0.3 is 15.0 Å². The minimum absolute atomic E-state index is 0.0582. The van der Waals surface area contributed by atoms with Crippen LogP contribution in [0.3, 0.4) is 0 Å². The zero-order valence-electron chi connectivity index (χ0n) is 18.0. The van der Waals surface area contributed by atoms with Gasteiger partial charge in [-0.1, -0.05) is 29.8 Å². The van der Waals surface area contributed by atoms with Crippen LogP contribution in [0.1, 0.15) is 15.9 Å². The number of nitrogens with one attached hydrogen (secondary N) is 2. The number of carbonyl (C=O) groups is 1. The molecule has 0 aliphatic carbocycles. The summed E-state index contributed by atoms with van der Waals surface area (Å²) < 4.78 is 33.8. The van der Waals surface area contributed by atoms with Crippen LogP contribution in [0.15, 0.2) is 71.6 Å². The second-order valence-electron chi connectivity index (χ2n) is 7.67. The Bertz CT molecular complexity index is 1260. The first kappa shape index (κ1) is 23.1. The number of benzene rings is 3. The molecule has 1 saturated heterocycles. The van der Waals surface area contributed by atoms with E-state index in [1.807, 2.05) is 12.1 Å². The first-order chi connectivity index (χ1) is 15.8. The first-order valence-corrected chi connectivity index (χ1v) is 12.3. The van der Waals surface area contributed by atoms with E-state index >= 15 is 0 Å². The number of para-hydroxylation sites is 1. The van der Waals surface area contributed by atoms with Gasteiger partial charge in [0.1, 0.15) is 0 Å². The largest absolute Gasteiger partial charge is 0.378 e. The fraction of sp³-hybridized carbons (Fsp3) is 0.208. The van der Waals surface area contributed by atoms with Gasteiger partial charge >= 0.3 is 0 Å². The molecule has 1 aliphatic rings. The Morgan fingerprint density at radius 3 is 2.39 bits per heavy atom. The fourth-order valence-corrected chi connectivity index (χ4v) is 5.15. The lowest BCUT2D eigenvalue weighted by Gasteiger charge is -2.28. The summed E-state index contributed by atoms with van der Waals surface area (Å²) in [5.41, 5.74) is 2.72. The summed E-state index contributed by atoms with van der Waals surface area (Å²) in [5.74, 6) is -0.324. The molecule has 7 nitrogen and oxygen atoms in total. The molecule has 1 heterocycles. The van der Waals surface area contributed by atoms with Crippen molar-refractivity contribution in [3.8, 4) is 0 Å². The van der Waals surface area contributed by atoms with E-state index in [2.05, 4.69) is 14.9 Å². The Balaban J connectivity index is 1.50. The number of anilines is 3. The molecule has 172 valence electrons. The van der Waals surface area contributed by atoms with Crippen LogP contribution in [0.4, 0.5) is 17.1 Å². The molecule has 1 aliphatic heterocycles. The molecule has 2 N–H and O–H groups in total. The van der Waals surface area contributed by atoms with Crippen molar-refractivity contribution in [2.24, 2.45) is 0 Å². The second-order valence-corrected chi connectivity index (χ2v) is 9.72. The van der Waals surface area contributed by atoms with Crippen LogP contribution in [-0.4, -0.2) is 40.6 Å². The highest BCUT2D eigenvalue weighted by molar-refractivity contribution is 7.92. The van der Waals surface area contributed by atoms with Crippen LogP contribution in [-0.2, 0) is 14.8 Å². The van der Waals surface area contributed by atoms with E-state index in [4.69, 9.17) is 16.3 Å². The molecular weight excluding hydrogens is 462 g/mol. The molecule has 0 atom stereocenters. The van der Waals surface area contributed by atoms with Crippen LogP contribution < -0.4 is 14.9 Å². The lowest BCUT2D eigenvalue weighted by molar-refractivity contribution is 0.102. The standard InChI is InChI=1S/C24H24ClN3O4S/c1-17-6-9-19(16-23(17)33(30,31)27-22-5-3-2-4-21(22)25)26-24(29)18-7-10-20(11-8-18)28-12-14-32-15-13-28/h2-11,16,27H,12-15H2,1H3,(H,26,29). The van der Waals surface area contributed by atoms with Crippen LogP contribution in [0.25, 0.3) is 0 Å². The Morgan fingerprint density at radius 1 is 1.00 bits per heavy atom. The van der Waals surface area contributed by atoms with Crippen LogP contribution in [0, 0.1) is 6.92 Å². The molecule has 3 aromatic rings. The zero-order chi connectivity index (χ0) is 23.4. The van der Waals surface area contributed by atoms with Crippen molar-refractivity contribution in [3.63, 3.8) is 0 Å². The quantitative estimate of drug-likeness (QED) is 0.535. The summed E-state index contributed by atoms with van der Waals surface area (Å²) in [6.07, 6.45) is 0. The number of rotatable bonds is 6. The minimum atomic E-state index is -3.91. The number of sulfonamides is 1. The second kappa shape index (κ2) is 9.82. The molecule has 1 fully saturated rings. The Morgan fingerprint density at radius 2 is 1.70 bits per heavy atom. The van der Waals surface area contributed by atoms with E-state index in [0.717, 1.165) is 18.8 Å². The monoisotopic (exact) mass is 485 g/mol. The van der Waals surface area contributed by atoms with Gasteiger partial charge in [-0.2, -0.15) is 0 Å². The number of carbonyl (C=O) groups excluding carboxylic acids is 1. The summed E-state index contributed by atoms with van der Waals surface area (Å²) in [7, 11) is -3.91. The number of ether oxygens (including phenoxy) is 1. The highest BCUT2D eigenvalue weighted by Crippen LogP contribution is 2.27. The molecule has 0 spiro atoms. The van der Waals surface area contributed by atoms with E-state index in [1.54, 1.807) is 55.5 Å². The summed E-state index contributed by atoms with van der Waals surface area (Å²) in [6.45, 7) is 4.69. The van der Waals surface area contributed by atoms with Gasteiger partial charge in [-0.3, -0.25) is 9.52 Å². The summed E-state index contributed by atoms with van der Waals surface area (Å²) in [6, 6.07) is 18.7. The first-order valence-electron chi connectivity index (χ1n) is 10.5. The van der Waals surface area contributed by atoms with Crippen LogP contribution in [0.5, 0.6) is 0 Å². The smallest absolute Gasteiger partial charge is 0.262 e. The molecule has 33 heavy (non-hydrogen) atoms. The average molecular weight is 486 g/mol. The van der Waals surface area contributed by atoms with Crippen molar-refractivity contribution in [1.82, 2.24) is 0 Å². The van der Waals surface area contributed by atoms with E-state index in [1.165, 1.54) is 6.07 Å². The maximum absolute atomic E-state index is 13.0.